The molecule has 0 N–H and O–H groups in total. The first-order valence-corrected chi connectivity index (χ1v) is 9.24. The van der Waals surface area contributed by atoms with Crippen molar-refractivity contribution in [2.45, 2.75) is 25.6 Å². The molecule has 1 atom stereocenters. The molecule has 132 valence electrons. The van der Waals surface area contributed by atoms with Gasteiger partial charge in [0.2, 0.25) is 0 Å². The van der Waals surface area contributed by atoms with Crippen LogP contribution in [0.15, 0.2) is 53.0 Å². The van der Waals surface area contributed by atoms with E-state index in [1.54, 1.807) is 7.11 Å². The lowest BCUT2D eigenvalue weighted by Gasteiger charge is -2.32. The lowest BCUT2D eigenvalue weighted by atomic mass is 10.1. The molecule has 0 spiro atoms. The van der Waals surface area contributed by atoms with Crippen LogP contribution in [-0.4, -0.2) is 37.1 Å². The Morgan fingerprint density at radius 1 is 1.16 bits per heavy atom. The van der Waals surface area contributed by atoms with E-state index in [9.17, 15) is 4.79 Å². The predicted molar refractivity (Wildman–Crippen MR) is 101 cm³/mol. The number of piperidine rings is 1. The molecule has 0 aliphatic carbocycles. The molecular formula is C20H22BrNO3. The third-order valence-corrected chi connectivity index (χ3v) is 4.93. The fourth-order valence-electron chi connectivity index (χ4n) is 2.97. The maximum Gasteiger partial charge on any atom is 0.253 e. The summed E-state index contributed by atoms with van der Waals surface area (Å²) in [4.78, 5) is 14.6. The molecule has 25 heavy (non-hydrogen) atoms. The van der Waals surface area contributed by atoms with Crippen molar-refractivity contribution in [2.75, 3.05) is 20.2 Å². The lowest BCUT2D eigenvalue weighted by Crippen LogP contribution is -2.43. The van der Waals surface area contributed by atoms with Crippen LogP contribution in [0.2, 0.25) is 0 Å². The van der Waals surface area contributed by atoms with Crippen molar-refractivity contribution in [1.82, 2.24) is 4.90 Å². The maximum absolute atomic E-state index is 12.7. The molecule has 4 nitrogen and oxygen atoms in total. The van der Waals surface area contributed by atoms with E-state index in [0.717, 1.165) is 35.2 Å². The van der Waals surface area contributed by atoms with Gasteiger partial charge < -0.3 is 14.4 Å². The highest BCUT2D eigenvalue weighted by molar-refractivity contribution is 9.10. The highest BCUT2D eigenvalue weighted by Gasteiger charge is 2.25. The first-order chi connectivity index (χ1) is 12.2. The van der Waals surface area contributed by atoms with Crippen LogP contribution in [0.5, 0.6) is 5.75 Å². The van der Waals surface area contributed by atoms with E-state index in [1.165, 1.54) is 0 Å². The van der Waals surface area contributed by atoms with Crippen molar-refractivity contribution in [2.24, 2.45) is 0 Å². The highest BCUT2D eigenvalue weighted by atomic mass is 79.9. The van der Waals surface area contributed by atoms with Gasteiger partial charge in [-0.2, -0.15) is 0 Å². The number of amides is 1. The van der Waals surface area contributed by atoms with Crippen LogP contribution >= 0.6 is 15.9 Å². The molecule has 1 fully saturated rings. The van der Waals surface area contributed by atoms with Gasteiger partial charge in [-0.15, -0.1) is 0 Å². The number of carbonyl (C=O) groups is 1. The van der Waals surface area contributed by atoms with Gasteiger partial charge in [0.1, 0.15) is 5.75 Å². The summed E-state index contributed by atoms with van der Waals surface area (Å²) in [6, 6.07) is 15.4. The van der Waals surface area contributed by atoms with Crippen LogP contribution < -0.4 is 4.74 Å². The first-order valence-electron chi connectivity index (χ1n) is 8.45. The molecule has 1 saturated heterocycles. The molecule has 3 rings (SSSR count). The second-order valence-corrected chi connectivity index (χ2v) is 7.10. The Labute approximate surface area is 156 Å². The normalized spacial score (nSPS) is 17.4. The smallest absolute Gasteiger partial charge is 0.253 e. The first kappa shape index (κ1) is 18.0. The lowest BCUT2D eigenvalue weighted by molar-refractivity contribution is -0.00673. The summed E-state index contributed by atoms with van der Waals surface area (Å²) in [5, 5.41) is 0. The number of ether oxygens (including phenoxy) is 2. The van der Waals surface area contributed by atoms with Crippen LogP contribution in [0.4, 0.5) is 0 Å². The van der Waals surface area contributed by atoms with Crippen molar-refractivity contribution in [3.05, 3.63) is 64.1 Å². The Kier molecular flexibility index (Phi) is 6.10. The van der Waals surface area contributed by atoms with Crippen LogP contribution in [0.25, 0.3) is 0 Å². The standard InChI is InChI=1S/C20H22BrNO3/c1-24-18-10-6-16(7-11-18)20(23)22-12-2-3-19(13-22)25-14-15-4-8-17(21)9-5-15/h4-11,19H,2-3,12-14H2,1H3. The van der Waals surface area contributed by atoms with Gasteiger partial charge in [-0.25, -0.2) is 0 Å². The molecule has 0 radical (unpaired) electrons. The Balaban J connectivity index is 1.56. The number of likely N-dealkylation sites (tertiary alicyclic amines) is 1. The number of methoxy groups -OCH3 is 1. The number of carbonyl (C=O) groups excluding carboxylic acids is 1. The van der Waals surface area contributed by atoms with E-state index in [4.69, 9.17) is 9.47 Å². The summed E-state index contributed by atoms with van der Waals surface area (Å²) in [6.07, 6.45) is 2.04. The predicted octanol–water partition coefficient (Wildman–Crippen LogP) is 4.28. The average molecular weight is 404 g/mol. The molecule has 2 aromatic rings. The SMILES string of the molecule is COc1ccc(C(=O)N2CCCC(OCc3ccc(Br)cc3)C2)cc1. The zero-order chi connectivity index (χ0) is 17.6. The fourth-order valence-corrected chi connectivity index (χ4v) is 3.23. The van der Waals surface area contributed by atoms with Crippen molar-refractivity contribution in [3.63, 3.8) is 0 Å². The van der Waals surface area contributed by atoms with Gasteiger partial charge in [-0.1, -0.05) is 28.1 Å². The van der Waals surface area contributed by atoms with Crippen LogP contribution in [0, 0.1) is 0 Å². The molecule has 0 aromatic heterocycles. The summed E-state index contributed by atoms with van der Waals surface area (Å²) >= 11 is 3.44. The Bertz CT molecular complexity index is 700. The summed E-state index contributed by atoms with van der Waals surface area (Å²) in [6.45, 7) is 1.99. The third-order valence-electron chi connectivity index (χ3n) is 4.40. The number of rotatable bonds is 5. The number of nitrogens with zero attached hydrogens (tertiary/aromatic N) is 1. The van der Waals surface area contributed by atoms with Crippen LogP contribution in [0.1, 0.15) is 28.8 Å². The molecule has 2 aromatic carbocycles. The van der Waals surface area contributed by atoms with Crippen molar-refractivity contribution >= 4 is 21.8 Å². The Morgan fingerprint density at radius 3 is 2.56 bits per heavy atom. The van der Waals surface area contributed by atoms with E-state index < -0.39 is 0 Å². The van der Waals surface area contributed by atoms with E-state index >= 15 is 0 Å². The molecule has 1 heterocycles. The summed E-state index contributed by atoms with van der Waals surface area (Å²) in [5.74, 6) is 0.811. The third kappa shape index (κ3) is 4.83. The van der Waals surface area contributed by atoms with E-state index in [1.807, 2.05) is 53.4 Å². The van der Waals surface area contributed by atoms with Crippen molar-refractivity contribution < 1.29 is 14.3 Å². The second-order valence-electron chi connectivity index (χ2n) is 6.18. The molecule has 0 saturated carbocycles. The van der Waals surface area contributed by atoms with Crippen molar-refractivity contribution in [1.29, 1.82) is 0 Å². The van der Waals surface area contributed by atoms with Gasteiger partial charge in [-0.3, -0.25) is 4.79 Å². The van der Waals surface area contributed by atoms with Gasteiger partial charge >= 0.3 is 0 Å². The van der Waals surface area contributed by atoms with E-state index in [2.05, 4.69) is 15.9 Å². The van der Waals surface area contributed by atoms with Crippen LogP contribution in [0.3, 0.4) is 0 Å². The topological polar surface area (TPSA) is 38.8 Å². The average Bonchev–Trinajstić information content (AvgIpc) is 2.67. The van der Waals surface area contributed by atoms with Crippen molar-refractivity contribution in [3.8, 4) is 5.75 Å². The van der Waals surface area contributed by atoms with E-state index in [-0.39, 0.29) is 12.0 Å². The fraction of sp³-hybridized carbons (Fsp3) is 0.350. The second kappa shape index (κ2) is 8.50. The maximum atomic E-state index is 12.7. The highest BCUT2D eigenvalue weighted by Crippen LogP contribution is 2.19. The molecule has 0 bridgehead atoms. The van der Waals surface area contributed by atoms with Gasteiger partial charge in [0.25, 0.3) is 5.91 Å². The quantitative estimate of drug-likeness (QED) is 0.747. The van der Waals surface area contributed by atoms with Crippen LogP contribution in [-0.2, 0) is 11.3 Å². The van der Waals surface area contributed by atoms with Gasteiger partial charge in [-0.05, 0) is 54.8 Å². The molecule has 5 heteroatoms. The molecule has 1 aliphatic rings. The Morgan fingerprint density at radius 2 is 1.88 bits per heavy atom. The molecular weight excluding hydrogens is 382 g/mol. The minimum Gasteiger partial charge on any atom is -0.497 e. The number of halogens is 1. The summed E-state index contributed by atoms with van der Waals surface area (Å²) in [5.41, 5.74) is 1.83. The Hall–Kier alpha value is -1.85. The zero-order valence-electron chi connectivity index (χ0n) is 14.3. The minimum atomic E-state index is 0.0552. The number of hydrogen-bond donors (Lipinski definition) is 0. The monoisotopic (exact) mass is 403 g/mol. The zero-order valence-corrected chi connectivity index (χ0v) is 15.9. The van der Waals surface area contributed by atoms with Gasteiger partial charge in [0.15, 0.2) is 0 Å². The summed E-state index contributed by atoms with van der Waals surface area (Å²) in [7, 11) is 1.62. The van der Waals surface area contributed by atoms with E-state index in [0.29, 0.717) is 18.7 Å². The largest absolute Gasteiger partial charge is 0.497 e. The summed E-state index contributed by atoms with van der Waals surface area (Å²) < 4.78 is 12.2. The number of hydrogen-bond acceptors (Lipinski definition) is 3. The minimum absolute atomic E-state index is 0.0552. The molecule has 1 aliphatic heterocycles. The molecule has 1 unspecified atom stereocenters. The molecule has 1 amide bonds. The number of benzene rings is 2. The van der Waals surface area contributed by atoms with Gasteiger partial charge in [0.05, 0.1) is 19.8 Å². The van der Waals surface area contributed by atoms with Gasteiger partial charge in [0, 0.05) is 23.1 Å².